The molecule has 104 valence electrons. The van der Waals surface area contributed by atoms with E-state index in [1.165, 1.54) is 22.6 Å². The molecule has 1 N–H and O–H groups in total. The van der Waals surface area contributed by atoms with Crippen molar-refractivity contribution in [1.29, 1.82) is 0 Å². The monoisotopic (exact) mass is 284 g/mol. The predicted molar refractivity (Wildman–Crippen MR) is 89.9 cm³/mol. The number of nitrogens with zero attached hydrogens (tertiary/aromatic N) is 1. The second-order valence-corrected chi connectivity index (χ2v) is 5.82. The highest BCUT2D eigenvalue weighted by atomic mass is 32.2. The lowest BCUT2D eigenvalue weighted by molar-refractivity contribution is 1.10. The minimum Gasteiger partial charge on any atom is -0.279 e. The lowest BCUT2D eigenvalue weighted by Gasteiger charge is -2.01. The fraction of sp³-hybridized carbons (Fsp3) is 0.235. The summed E-state index contributed by atoms with van der Waals surface area (Å²) in [7, 11) is 0. The molecule has 0 atom stereocenters. The fourth-order valence-corrected chi connectivity index (χ4v) is 2.45. The lowest BCUT2D eigenvalue weighted by Crippen LogP contribution is -1.90. The summed E-state index contributed by atoms with van der Waals surface area (Å²) in [5.41, 5.74) is 6.39. The molecule has 0 amide bonds. The first-order valence-corrected chi connectivity index (χ1v) is 7.85. The maximum absolute atomic E-state index is 4.25. The van der Waals surface area contributed by atoms with Crippen molar-refractivity contribution in [3.05, 3.63) is 59.7 Å². The number of rotatable bonds is 6. The summed E-state index contributed by atoms with van der Waals surface area (Å²) in [6, 6.07) is 16.7. The maximum Gasteiger partial charge on any atom is 0.0561 e. The molecule has 0 unspecified atom stereocenters. The van der Waals surface area contributed by atoms with Gasteiger partial charge in [-0.2, -0.15) is 5.10 Å². The van der Waals surface area contributed by atoms with Gasteiger partial charge < -0.3 is 0 Å². The largest absolute Gasteiger partial charge is 0.279 e. The Balaban J connectivity index is 1.89. The molecule has 0 spiro atoms. The van der Waals surface area contributed by atoms with E-state index in [-0.39, 0.29) is 0 Å². The van der Waals surface area contributed by atoms with Crippen LogP contribution in [0.15, 0.2) is 58.5 Å². The van der Waals surface area contributed by atoms with Crippen molar-refractivity contribution in [2.24, 2.45) is 5.10 Å². The third kappa shape index (κ3) is 4.74. The third-order valence-corrected chi connectivity index (χ3v) is 4.03. The van der Waals surface area contributed by atoms with Gasteiger partial charge in [-0.05, 0) is 48.9 Å². The Kier molecular flexibility index (Phi) is 5.69. The smallest absolute Gasteiger partial charge is 0.0561 e. The van der Waals surface area contributed by atoms with Crippen LogP contribution in [0.3, 0.4) is 0 Å². The van der Waals surface area contributed by atoms with Crippen LogP contribution in [0, 0.1) is 6.92 Å². The van der Waals surface area contributed by atoms with Crippen LogP contribution in [0.1, 0.15) is 24.5 Å². The Bertz CT molecular complexity index is 544. The van der Waals surface area contributed by atoms with E-state index in [1.54, 1.807) is 0 Å². The third-order valence-electron chi connectivity index (χ3n) is 2.81. The number of benzene rings is 2. The molecule has 2 aromatic carbocycles. The van der Waals surface area contributed by atoms with Crippen LogP contribution in [0.4, 0.5) is 5.69 Å². The van der Waals surface area contributed by atoms with Crippen LogP contribution < -0.4 is 5.43 Å². The zero-order chi connectivity index (χ0) is 14.2. The van der Waals surface area contributed by atoms with Gasteiger partial charge in [-0.1, -0.05) is 36.8 Å². The molecule has 0 heterocycles. The van der Waals surface area contributed by atoms with Crippen molar-refractivity contribution >= 4 is 23.7 Å². The molecule has 3 heteroatoms. The Hall–Kier alpha value is -1.74. The van der Waals surface area contributed by atoms with E-state index in [4.69, 9.17) is 0 Å². The molecule has 0 aromatic heterocycles. The quantitative estimate of drug-likeness (QED) is 0.461. The topological polar surface area (TPSA) is 24.4 Å². The first-order valence-electron chi connectivity index (χ1n) is 6.86. The predicted octanol–water partition coefficient (Wildman–Crippen LogP) is 4.94. The summed E-state index contributed by atoms with van der Waals surface area (Å²) in [5, 5.41) is 4.25. The second kappa shape index (κ2) is 7.75. The summed E-state index contributed by atoms with van der Waals surface area (Å²) < 4.78 is 0. The van der Waals surface area contributed by atoms with Gasteiger partial charge in [0.05, 0.1) is 11.9 Å². The molecule has 0 aliphatic carbocycles. The van der Waals surface area contributed by atoms with Gasteiger partial charge >= 0.3 is 0 Å². The first kappa shape index (κ1) is 14.7. The molecular formula is C17H20N2S. The summed E-state index contributed by atoms with van der Waals surface area (Å²) >= 11 is 1.89. The molecule has 20 heavy (non-hydrogen) atoms. The highest BCUT2D eigenvalue weighted by Crippen LogP contribution is 2.18. The number of thioether (sulfide) groups is 1. The minimum atomic E-state index is 1.00. The average Bonchev–Trinajstić information content (AvgIpc) is 2.48. The van der Waals surface area contributed by atoms with Crippen LogP contribution in [-0.2, 0) is 0 Å². The number of hydrogen-bond donors (Lipinski definition) is 1. The zero-order valence-corrected chi connectivity index (χ0v) is 12.8. The molecule has 2 rings (SSSR count). The number of nitrogens with one attached hydrogen (secondary N) is 1. The number of hydrogen-bond acceptors (Lipinski definition) is 3. The summed E-state index contributed by atoms with van der Waals surface area (Å²) in [4.78, 5) is 1.32. The van der Waals surface area contributed by atoms with E-state index in [0.717, 1.165) is 11.3 Å². The van der Waals surface area contributed by atoms with Gasteiger partial charge in [0, 0.05) is 4.90 Å². The first-order chi connectivity index (χ1) is 9.78. The van der Waals surface area contributed by atoms with Crippen molar-refractivity contribution in [2.45, 2.75) is 25.2 Å². The van der Waals surface area contributed by atoms with Gasteiger partial charge in [-0.25, -0.2) is 0 Å². The zero-order valence-electron chi connectivity index (χ0n) is 12.0. The summed E-state index contributed by atoms with van der Waals surface area (Å²) in [5.74, 6) is 1.17. The highest BCUT2D eigenvalue weighted by Gasteiger charge is 1.93. The van der Waals surface area contributed by atoms with E-state index < -0.39 is 0 Å². The molecule has 0 fully saturated rings. The van der Waals surface area contributed by atoms with E-state index >= 15 is 0 Å². The molecule has 0 saturated heterocycles. The molecule has 0 saturated carbocycles. The standard InChI is InChI=1S/C17H20N2S/c1-3-12-20-17-10-6-15(7-11-17)13-18-19-16-8-4-14(2)5-9-16/h4-11,13,19H,3,12H2,1-2H3. The Morgan fingerprint density at radius 3 is 2.40 bits per heavy atom. The second-order valence-electron chi connectivity index (χ2n) is 4.65. The number of aryl methyl sites for hydroxylation is 1. The van der Waals surface area contributed by atoms with Crippen LogP contribution >= 0.6 is 11.8 Å². The van der Waals surface area contributed by atoms with Gasteiger partial charge in [0.15, 0.2) is 0 Å². The summed E-state index contributed by atoms with van der Waals surface area (Å²) in [6.07, 6.45) is 3.04. The van der Waals surface area contributed by atoms with Crippen LogP contribution in [0.2, 0.25) is 0 Å². The van der Waals surface area contributed by atoms with Crippen molar-refractivity contribution in [3.8, 4) is 0 Å². The molecular weight excluding hydrogens is 264 g/mol. The van der Waals surface area contributed by atoms with Gasteiger partial charge in [0.2, 0.25) is 0 Å². The van der Waals surface area contributed by atoms with Gasteiger partial charge in [-0.15, -0.1) is 11.8 Å². The van der Waals surface area contributed by atoms with E-state index in [1.807, 2.05) is 30.1 Å². The molecule has 2 aromatic rings. The Labute approximate surface area is 125 Å². The number of anilines is 1. The normalized spacial score (nSPS) is 10.9. The van der Waals surface area contributed by atoms with Crippen LogP contribution in [-0.4, -0.2) is 12.0 Å². The highest BCUT2D eigenvalue weighted by molar-refractivity contribution is 7.99. The van der Waals surface area contributed by atoms with Crippen molar-refractivity contribution in [2.75, 3.05) is 11.2 Å². The van der Waals surface area contributed by atoms with Crippen LogP contribution in [0.5, 0.6) is 0 Å². The maximum atomic E-state index is 4.25. The van der Waals surface area contributed by atoms with Crippen molar-refractivity contribution in [1.82, 2.24) is 0 Å². The minimum absolute atomic E-state index is 1.00. The number of hydrazone groups is 1. The average molecular weight is 284 g/mol. The van der Waals surface area contributed by atoms with Gasteiger partial charge in [-0.3, -0.25) is 5.43 Å². The van der Waals surface area contributed by atoms with Crippen LogP contribution in [0.25, 0.3) is 0 Å². The lowest BCUT2D eigenvalue weighted by atomic mass is 10.2. The van der Waals surface area contributed by atoms with Crippen molar-refractivity contribution < 1.29 is 0 Å². The molecule has 0 radical (unpaired) electrons. The van der Waals surface area contributed by atoms with Gasteiger partial charge in [0.1, 0.15) is 0 Å². The van der Waals surface area contributed by atoms with Gasteiger partial charge in [0.25, 0.3) is 0 Å². The summed E-state index contributed by atoms with van der Waals surface area (Å²) in [6.45, 7) is 4.27. The molecule has 0 bridgehead atoms. The Morgan fingerprint density at radius 1 is 1.05 bits per heavy atom. The molecule has 0 aliphatic heterocycles. The van der Waals surface area contributed by atoms with Crippen molar-refractivity contribution in [3.63, 3.8) is 0 Å². The molecule has 2 nitrogen and oxygen atoms in total. The van der Waals surface area contributed by atoms with E-state index in [2.05, 4.69) is 60.8 Å². The molecule has 0 aliphatic rings. The fourth-order valence-electron chi connectivity index (χ4n) is 1.68. The van der Waals surface area contributed by atoms with E-state index in [9.17, 15) is 0 Å². The van der Waals surface area contributed by atoms with E-state index in [0.29, 0.717) is 0 Å². The Morgan fingerprint density at radius 2 is 1.75 bits per heavy atom. The SMILES string of the molecule is CCCSc1ccc(C=NNc2ccc(C)cc2)cc1.